The van der Waals surface area contributed by atoms with Crippen LogP contribution in [0.25, 0.3) is 11.4 Å². The van der Waals surface area contributed by atoms with E-state index in [1.165, 1.54) is 18.2 Å². The summed E-state index contributed by atoms with van der Waals surface area (Å²) in [6, 6.07) is 11.4. The predicted molar refractivity (Wildman–Crippen MR) is 104 cm³/mol. The van der Waals surface area contributed by atoms with Crippen molar-refractivity contribution in [2.24, 2.45) is 0 Å². The molecule has 5 nitrogen and oxygen atoms in total. The molecule has 0 bridgehead atoms. The highest BCUT2D eigenvalue weighted by Gasteiger charge is 2.33. The van der Waals surface area contributed by atoms with Gasteiger partial charge in [0.05, 0.1) is 21.7 Å². The van der Waals surface area contributed by atoms with E-state index in [4.69, 9.17) is 33.2 Å². The van der Waals surface area contributed by atoms with Crippen molar-refractivity contribution in [1.29, 1.82) is 5.26 Å². The Bertz CT molecular complexity index is 1090. The van der Waals surface area contributed by atoms with E-state index in [9.17, 15) is 4.39 Å². The molecule has 2 aromatic carbocycles. The monoisotopic (exact) mass is 416 g/mol. The van der Waals surface area contributed by atoms with Gasteiger partial charge in [0.25, 0.3) is 0 Å². The van der Waals surface area contributed by atoms with Crippen LogP contribution in [0.15, 0.2) is 36.4 Å². The maximum absolute atomic E-state index is 13.3. The van der Waals surface area contributed by atoms with Crippen molar-refractivity contribution < 1.29 is 9.13 Å². The number of benzene rings is 2. The molecule has 0 saturated heterocycles. The lowest BCUT2D eigenvalue weighted by Crippen LogP contribution is -2.12. The molecule has 1 aliphatic rings. The molecule has 0 radical (unpaired) electrons. The summed E-state index contributed by atoms with van der Waals surface area (Å²) < 4.78 is 21.2. The van der Waals surface area contributed by atoms with E-state index < -0.39 is 11.9 Å². The molecule has 142 valence electrons. The fraction of sp³-hybridized carbons (Fsp3) is 0.250. The third-order valence-electron chi connectivity index (χ3n) is 4.53. The molecule has 0 spiro atoms. The first-order chi connectivity index (χ1) is 13.5. The lowest BCUT2D eigenvalue weighted by Gasteiger charge is -2.17. The van der Waals surface area contributed by atoms with Gasteiger partial charge in [-0.1, -0.05) is 23.2 Å². The van der Waals surface area contributed by atoms with E-state index in [1.54, 1.807) is 18.2 Å². The van der Waals surface area contributed by atoms with E-state index >= 15 is 0 Å². The molecule has 8 heteroatoms. The third-order valence-corrected chi connectivity index (χ3v) is 5.14. The highest BCUT2D eigenvalue weighted by Crippen LogP contribution is 2.42. The van der Waals surface area contributed by atoms with E-state index in [0.29, 0.717) is 33.5 Å². The fourth-order valence-corrected chi connectivity index (χ4v) is 3.51. The number of ether oxygens (including phenoxy) is 1. The maximum atomic E-state index is 13.3. The number of hydrogen-bond donors (Lipinski definition) is 0. The summed E-state index contributed by atoms with van der Waals surface area (Å²) in [4.78, 5) is 0. The molecule has 0 aliphatic heterocycles. The molecule has 1 fully saturated rings. The third kappa shape index (κ3) is 3.56. The molecule has 1 saturated carbocycles. The summed E-state index contributed by atoms with van der Waals surface area (Å²) >= 11 is 12.5. The standard InChI is InChI=1S/C20H15Cl2FN4O/c1-11(28-18-7-3-13(23)9-17(18)22)19-25-26-20(27(19)14-4-5-14)15-6-2-12(10-24)8-16(15)21/h2-3,6-9,11,14H,4-5H2,1H3. The first kappa shape index (κ1) is 18.7. The zero-order chi connectivity index (χ0) is 19.8. The Morgan fingerprint density at radius 2 is 1.96 bits per heavy atom. The Balaban J connectivity index is 1.70. The highest BCUT2D eigenvalue weighted by atomic mass is 35.5. The van der Waals surface area contributed by atoms with Crippen molar-refractivity contribution in [3.05, 3.63) is 63.6 Å². The summed E-state index contributed by atoms with van der Waals surface area (Å²) in [5.74, 6) is 1.22. The molecule has 1 unspecified atom stereocenters. The molecule has 1 aromatic heterocycles. The van der Waals surface area contributed by atoms with Crippen LogP contribution in [0.2, 0.25) is 10.0 Å². The molecule has 1 atom stereocenters. The summed E-state index contributed by atoms with van der Waals surface area (Å²) in [5.41, 5.74) is 1.19. The minimum Gasteiger partial charge on any atom is -0.481 e. The smallest absolute Gasteiger partial charge is 0.174 e. The van der Waals surface area contributed by atoms with Crippen LogP contribution in [0.3, 0.4) is 0 Å². The molecule has 0 N–H and O–H groups in total. The Kier molecular flexibility index (Phi) is 4.96. The second kappa shape index (κ2) is 7.42. The van der Waals surface area contributed by atoms with Crippen molar-refractivity contribution in [1.82, 2.24) is 14.8 Å². The highest BCUT2D eigenvalue weighted by molar-refractivity contribution is 6.33. The van der Waals surface area contributed by atoms with Crippen LogP contribution in [0.1, 0.15) is 43.3 Å². The topological polar surface area (TPSA) is 63.7 Å². The summed E-state index contributed by atoms with van der Waals surface area (Å²) in [6.07, 6.45) is 1.56. The van der Waals surface area contributed by atoms with Crippen molar-refractivity contribution in [2.45, 2.75) is 31.9 Å². The van der Waals surface area contributed by atoms with Crippen molar-refractivity contribution in [3.63, 3.8) is 0 Å². The zero-order valence-corrected chi connectivity index (χ0v) is 16.4. The Labute approximate surface area is 171 Å². The van der Waals surface area contributed by atoms with Gasteiger partial charge in [0.15, 0.2) is 17.8 Å². The minimum absolute atomic E-state index is 0.194. The van der Waals surface area contributed by atoms with Crippen LogP contribution in [0.5, 0.6) is 5.75 Å². The molecule has 4 rings (SSSR count). The first-order valence-corrected chi connectivity index (χ1v) is 9.50. The Morgan fingerprint density at radius 3 is 2.61 bits per heavy atom. The molecule has 1 heterocycles. The van der Waals surface area contributed by atoms with E-state index in [-0.39, 0.29) is 11.1 Å². The zero-order valence-electron chi connectivity index (χ0n) is 14.9. The molecule has 1 aliphatic carbocycles. The first-order valence-electron chi connectivity index (χ1n) is 8.74. The fourth-order valence-electron chi connectivity index (χ4n) is 3.04. The van der Waals surface area contributed by atoms with Crippen LogP contribution >= 0.6 is 23.2 Å². The van der Waals surface area contributed by atoms with E-state index in [0.717, 1.165) is 12.8 Å². The molecule has 0 amide bonds. The van der Waals surface area contributed by atoms with Crippen LogP contribution < -0.4 is 4.74 Å². The quantitative estimate of drug-likeness (QED) is 0.531. The Morgan fingerprint density at radius 1 is 1.18 bits per heavy atom. The number of hydrogen-bond acceptors (Lipinski definition) is 4. The molecular formula is C20H15Cl2FN4O. The number of halogens is 3. The number of rotatable bonds is 5. The van der Waals surface area contributed by atoms with Gasteiger partial charge in [0.1, 0.15) is 11.6 Å². The van der Waals surface area contributed by atoms with Gasteiger partial charge in [-0.25, -0.2) is 4.39 Å². The predicted octanol–water partition coefficient (Wildman–Crippen LogP) is 5.74. The molecule has 3 aromatic rings. The normalized spacial score (nSPS) is 14.5. The van der Waals surface area contributed by atoms with Crippen LogP contribution in [-0.4, -0.2) is 14.8 Å². The van der Waals surface area contributed by atoms with Crippen molar-refractivity contribution in [2.75, 3.05) is 0 Å². The molecule has 28 heavy (non-hydrogen) atoms. The van der Waals surface area contributed by atoms with Gasteiger partial charge in [0.2, 0.25) is 0 Å². The summed E-state index contributed by atoms with van der Waals surface area (Å²) in [5, 5.41) is 18.3. The number of nitrogens with zero attached hydrogens (tertiary/aromatic N) is 4. The molecular weight excluding hydrogens is 402 g/mol. The number of nitriles is 1. The van der Waals surface area contributed by atoms with Gasteiger partial charge in [-0.05, 0) is 56.2 Å². The van der Waals surface area contributed by atoms with Gasteiger partial charge >= 0.3 is 0 Å². The summed E-state index contributed by atoms with van der Waals surface area (Å²) in [7, 11) is 0. The second-order valence-corrected chi connectivity index (χ2v) is 7.44. The van der Waals surface area contributed by atoms with Crippen LogP contribution in [0.4, 0.5) is 4.39 Å². The largest absolute Gasteiger partial charge is 0.481 e. The van der Waals surface area contributed by atoms with E-state index in [1.807, 2.05) is 11.5 Å². The number of aromatic nitrogens is 3. The van der Waals surface area contributed by atoms with Crippen molar-refractivity contribution in [3.8, 4) is 23.2 Å². The van der Waals surface area contributed by atoms with E-state index in [2.05, 4.69) is 16.3 Å². The Hall–Kier alpha value is -2.62. The minimum atomic E-state index is -0.457. The van der Waals surface area contributed by atoms with Gasteiger partial charge in [-0.3, -0.25) is 0 Å². The second-order valence-electron chi connectivity index (χ2n) is 6.62. The lowest BCUT2D eigenvalue weighted by molar-refractivity contribution is 0.210. The average Bonchev–Trinajstić information content (AvgIpc) is 3.42. The van der Waals surface area contributed by atoms with Gasteiger partial charge in [0, 0.05) is 11.6 Å². The maximum Gasteiger partial charge on any atom is 0.174 e. The lowest BCUT2D eigenvalue weighted by atomic mass is 10.1. The van der Waals surface area contributed by atoms with Gasteiger partial charge in [-0.15, -0.1) is 10.2 Å². The van der Waals surface area contributed by atoms with Crippen LogP contribution in [0, 0.1) is 17.1 Å². The average molecular weight is 417 g/mol. The van der Waals surface area contributed by atoms with Gasteiger partial charge < -0.3 is 9.30 Å². The SMILES string of the molecule is CC(Oc1ccc(F)cc1Cl)c1nnc(-c2ccc(C#N)cc2Cl)n1C1CC1. The van der Waals surface area contributed by atoms with Crippen LogP contribution in [-0.2, 0) is 0 Å². The van der Waals surface area contributed by atoms with Crippen molar-refractivity contribution >= 4 is 23.2 Å². The van der Waals surface area contributed by atoms with Gasteiger partial charge in [-0.2, -0.15) is 5.26 Å². The summed E-state index contributed by atoms with van der Waals surface area (Å²) in [6.45, 7) is 1.84.